The molecule has 1 atom stereocenters. The highest BCUT2D eigenvalue weighted by Gasteiger charge is 2.16. The van der Waals surface area contributed by atoms with Gasteiger partial charge in [-0.3, -0.25) is 4.98 Å². The van der Waals surface area contributed by atoms with Crippen LogP contribution in [-0.4, -0.2) is 32.5 Å². The van der Waals surface area contributed by atoms with Crippen molar-refractivity contribution in [1.82, 2.24) is 15.0 Å². The SMILES string of the molecule is O=S(=O)(Cc1ccncc1)NC[C@@H]1CCCCN1. The number of aromatic nitrogens is 1. The van der Waals surface area contributed by atoms with E-state index in [4.69, 9.17) is 0 Å². The normalized spacial score (nSPS) is 20.8. The maximum absolute atomic E-state index is 11.9. The zero-order chi connectivity index (χ0) is 12.8. The summed E-state index contributed by atoms with van der Waals surface area (Å²) in [6, 6.07) is 3.71. The van der Waals surface area contributed by atoms with E-state index in [1.54, 1.807) is 24.5 Å². The van der Waals surface area contributed by atoms with E-state index in [2.05, 4.69) is 15.0 Å². The van der Waals surface area contributed by atoms with Gasteiger partial charge in [0.25, 0.3) is 0 Å². The van der Waals surface area contributed by atoms with Gasteiger partial charge in [0.05, 0.1) is 5.75 Å². The summed E-state index contributed by atoms with van der Waals surface area (Å²) in [5.41, 5.74) is 0.758. The van der Waals surface area contributed by atoms with Gasteiger partial charge in [-0.05, 0) is 37.1 Å². The van der Waals surface area contributed by atoms with Gasteiger partial charge >= 0.3 is 0 Å². The van der Waals surface area contributed by atoms with Crippen molar-refractivity contribution in [2.45, 2.75) is 31.1 Å². The van der Waals surface area contributed by atoms with Crippen LogP contribution in [0.4, 0.5) is 0 Å². The minimum Gasteiger partial charge on any atom is -0.313 e. The monoisotopic (exact) mass is 269 g/mol. The van der Waals surface area contributed by atoms with Gasteiger partial charge in [0.1, 0.15) is 0 Å². The lowest BCUT2D eigenvalue weighted by atomic mass is 10.1. The van der Waals surface area contributed by atoms with Crippen LogP contribution in [0.1, 0.15) is 24.8 Å². The van der Waals surface area contributed by atoms with Crippen molar-refractivity contribution < 1.29 is 8.42 Å². The molecular formula is C12H19N3O2S. The van der Waals surface area contributed by atoms with Gasteiger partial charge in [0.2, 0.25) is 10.0 Å². The van der Waals surface area contributed by atoms with Crippen LogP contribution in [0.15, 0.2) is 24.5 Å². The van der Waals surface area contributed by atoms with Crippen molar-refractivity contribution in [3.63, 3.8) is 0 Å². The maximum Gasteiger partial charge on any atom is 0.215 e. The Hall–Kier alpha value is -0.980. The number of hydrogen-bond acceptors (Lipinski definition) is 4. The van der Waals surface area contributed by atoms with Gasteiger partial charge < -0.3 is 5.32 Å². The van der Waals surface area contributed by atoms with Crippen LogP contribution in [0.5, 0.6) is 0 Å². The molecule has 0 amide bonds. The molecule has 2 heterocycles. The lowest BCUT2D eigenvalue weighted by Gasteiger charge is -2.23. The lowest BCUT2D eigenvalue weighted by molar-refractivity contribution is 0.398. The molecule has 1 saturated heterocycles. The Kier molecular flexibility index (Phi) is 4.68. The molecule has 6 heteroatoms. The predicted octanol–water partition coefficient (Wildman–Crippen LogP) is 0.643. The molecule has 0 aromatic carbocycles. The predicted molar refractivity (Wildman–Crippen MR) is 70.5 cm³/mol. The van der Waals surface area contributed by atoms with Gasteiger partial charge in [0.15, 0.2) is 0 Å². The Morgan fingerprint density at radius 1 is 1.33 bits per heavy atom. The van der Waals surface area contributed by atoms with E-state index >= 15 is 0 Å². The molecule has 0 unspecified atom stereocenters. The zero-order valence-corrected chi connectivity index (χ0v) is 11.1. The van der Waals surface area contributed by atoms with Crippen molar-refractivity contribution in [2.75, 3.05) is 13.1 Å². The summed E-state index contributed by atoms with van der Waals surface area (Å²) in [4.78, 5) is 3.87. The Morgan fingerprint density at radius 2 is 2.11 bits per heavy atom. The minimum absolute atomic E-state index is 0.0161. The van der Waals surface area contributed by atoms with Crippen LogP contribution in [0.25, 0.3) is 0 Å². The summed E-state index contributed by atoms with van der Waals surface area (Å²) in [7, 11) is -3.25. The number of nitrogens with zero attached hydrogens (tertiary/aromatic N) is 1. The molecule has 1 aliphatic heterocycles. The smallest absolute Gasteiger partial charge is 0.215 e. The molecule has 0 saturated carbocycles. The van der Waals surface area contributed by atoms with Crippen molar-refractivity contribution >= 4 is 10.0 Å². The molecule has 18 heavy (non-hydrogen) atoms. The topological polar surface area (TPSA) is 71.1 Å². The Morgan fingerprint density at radius 3 is 2.78 bits per heavy atom. The van der Waals surface area contributed by atoms with E-state index in [-0.39, 0.29) is 11.8 Å². The summed E-state index contributed by atoms with van der Waals surface area (Å²) >= 11 is 0. The average molecular weight is 269 g/mol. The second-order valence-electron chi connectivity index (χ2n) is 4.61. The fourth-order valence-electron chi connectivity index (χ4n) is 2.08. The molecule has 1 aromatic heterocycles. The van der Waals surface area contributed by atoms with Crippen LogP contribution in [0.2, 0.25) is 0 Å². The van der Waals surface area contributed by atoms with Crippen LogP contribution < -0.4 is 10.0 Å². The quantitative estimate of drug-likeness (QED) is 0.823. The molecule has 0 radical (unpaired) electrons. The average Bonchev–Trinajstić information content (AvgIpc) is 2.38. The van der Waals surface area contributed by atoms with E-state index in [0.29, 0.717) is 6.54 Å². The summed E-state index contributed by atoms with van der Waals surface area (Å²) in [5, 5.41) is 3.32. The Balaban J connectivity index is 1.83. The maximum atomic E-state index is 11.9. The van der Waals surface area contributed by atoms with E-state index < -0.39 is 10.0 Å². The third-order valence-corrected chi connectivity index (χ3v) is 4.39. The molecule has 2 rings (SSSR count). The Labute approximate surface area is 108 Å². The van der Waals surface area contributed by atoms with Gasteiger partial charge in [0, 0.05) is 25.0 Å². The second kappa shape index (κ2) is 6.26. The number of sulfonamides is 1. The van der Waals surface area contributed by atoms with Gasteiger partial charge in [-0.25, -0.2) is 13.1 Å². The largest absolute Gasteiger partial charge is 0.313 e. The molecule has 2 N–H and O–H groups in total. The van der Waals surface area contributed by atoms with E-state index in [1.165, 1.54) is 12.8 Å². The standard InChI is InChI=1S/C12H19N3O2S/c16-18(17,10-11-4-7-13-8-5-11)15-9-12-3-1-2-6-14-12/h4-5,7-8,12,14-15H,1-3,6,9-10H2/t12-/m0/s1. The molecule has 100 valence electrons. The van der Waals surface area contributed by atoms with Crippen molar-refractivity contribution in [3.05, 3.63) is 30.1 Å². The van der Waals surface area contributed by atoms with Crippen LogP contribution in [-0.2, 0) is 15.8 Å². The summed E-state index contributed by atoms with van der Waals surface area (Å²) in [6.45, 7) is 1.46. The highest BCUT2D eigenvalue weighted by Crippen LogP contribution is 2.07. The highest BCUT2D eigenvalue weighted by atomic mass is 32.2. The molecule has 0 spiro atoms. The molecule has 1 fully saturated rings. The van der Waals surface area contributed by atoms with Crippen LogP contribution in [0, 0.1) is 0 Å². The second-order valence-corrected chi connectivity index (χ2v) is 6.42. The fourth-order valence-corrected chi connectivity index (χ4v) is 3.26. The highest BCUT2D eigenvalue weighted by molar-refractivity contribution is 7.88. The molecular weight excluding hydrogens is 250 g/mol. The van der Waals surface area contributed by atoms with E-state index in [0.717, 1.165) is 18.5 Å². The van der Waals surface area contributed by atoms with Gasteiger partial charge in [-0.15, -0.1) is 0 Å². The lowest BCUT2D eigenvalue weighted by Crippen LogP contribution is -2.43. The third-order valence-electron chi connectivity index (χ3n) is 3.07. The number of piperidine rings is 1. The summed E-state index contributed by atoms with van der Waals surface area (Å²) in [6.07, 6.45) is 6.60. The van der Waals surface area contributed by atoms with Crippen molar-refractivity contribution in [1.29, 1.82) is 0 Å². The third kappa shape index (κ3) is 4.36. The number of nitrogens with one attached hydrogen (secondary N) is 2. The molecule has 0 bridgehead atoms. The first-order valence-corrected chi connectivity index (χ1v) is 7.90. The first-order chi connectivity index (χ1) is 8.66. The number of hydrogen-bond donors (Lipinski definition) is 2. The first kappa shape index (κ1) is 13.5. The number of pyridine rings is 1. The van der Waals surface area contributed by atoms with Crippen LogP contribution >= 0.6 is 0 Å². The van der Waals surface area contributed by atoms with Gasteiger partial charge in [-0.1, -0.05) is 6.42 Å². The molecule has 1 aliphatic rings. The minimum atomic E-state index is -3.25. The zero-order valence-electron chi connectivity index (χ0n) is 10.3. The van der Waals surface area contributed by atoms with Gasteiger partial charge in [-0.2, -0.15) is 0 Å². The summed E-state index contributed by atoms with van der Waals surface area (Å²) in [5.74, 6) is 0.0161. The van der Waals surface area contributed by atoms with E-state index in [9.17, 15) is 8.42 Å². The Bertz CT molecular complexity index is 455. The molecule has 1 aromatic rings. The summed E-state index contributed by atoms with van der Waals surface area (Å²) < 4.78 is 26.4. The first-order valence-electron chi connectivity index (χ1n) is 6.25. The molecule has 5 nitrogen and oxygen atoms in total. The van der Waals surface area contributed by atoms with Crippen LogP contribution in [0.3, 0.4) is 0 Å². The molecule has 0 aliphatic carbocycles. The van der Waals surface area contributed by atoms with Crippen molar-refractivity contribution in [3.8, 4) is 0 Å². The fraction of sp³-hybridized carbons (Fsp3) is 0.583. The van der Waals surface area contributed by atoms with E-state index in [1.807, 2.05) is 0 Å². The van der Waals surface area contributed by atoms with Crippen molar-refractivity contribution in [2.24, 2.45) is 0 Å². The number of rotatable bonds is 5.